The molecule has 7 nitrogen and oxygen atoms in total. The van der Waals surface area contributed by atoms with Gasteiger partial charge in [-0.25, -0.2) is 0 Å². The van der Waals surface area contributed by atoms with E-state index in [4.69, 9.17) is 4.74 Å². The third-order valence-corrected chi connectivity index (χ3v) is 8.20. The number of hydrogen-bond donors (Lipinski definition) is 1. The highest BCUT2D eigenvalue weighted by atomic mass is 32.2. The lowest BCUT2D eigenvalue weighted by molar-refractivity contribution is -0.154. The molecular weight excluding hydrogens is 412 g/mol. The molecule has 1 N–H and O–H groups in total. The van der Waals surface area contributed by atoms with Crippen LogP contribution in [0.2, 0.25) is 0 Å². The van der Waals surface area contributed by atoms with Crippen molar-refractivity contribution in [3.8, 4) is 0 Å². The molecule has 2 atom stereocenters. The van der Waals surface area contributed by atoms with Crippen molar-refractivity contribution in [2.75, 3.05) is 24.6 Å². The molecule has 0 saturated carbocycles. The van der Waals surface area contributed by atoms with Crippen LogP contribution in [0.1, 0.15) is 31.4 Å². The van der Waals surface area contributed by atoms with Gasteiger partial charge in [-0.3, -0.25) is 14.4 Å². The van der Waals surface area contributed by atoms with Crippen LogP contribution in [0.3, 0.4) is 0 Å². The number of hydrogen-bond acceptors (Lipinski definition) is 7. The van der Waals surface area contributed by atoms with E-state index in [1.165, 1.54) is 6.92 Å². The summed E-state index contributed by atoms with van der Waals surface area (Å²) in [5, 5.41) is 2.56. The Morgan fingerprint density at radius 1 is 1.28 bits per heavy atom. The summed E-state index contributed by atoms with van der Waals surface area (Å²) in [6.07, 6.45) is 1.45. The summed E-state index contributed by atoms with van der Waals surface area (Å²) < 4.78 is 5.02. The number of carbonyl (C=O) groups is 4. The third kappa shape index (κ3) is 5.33. The van der Waals surface area contributed by atoms with Crippen LogP contribution in [0.4, 0.5) is 0 Å². The maximum atomic E-state index is 12.8. The van der Waals surface area contributed by atoms with Crippen LogP contribution < -0.4 is 5.32 Å². The molecule has 1 aromatic carbocycles. The second-order valence-corrected chi connectivity index (χ2v) is 10.2. The number of ether oxygens (including phenoxy) is 1. The highest BCUT2D eigenvalue weighted by molar-refractivity contribution is 8.18. The van der Waals surface area contributed by atoms with Crippen LogP contribution in [-0.4, -0.2) is 63.7 Å². The summed E-state index contributed by atoms with van der Waals surface area (Å²) in [7, 11) is 0. The van der Waals surface area contributed by atoms with E-state index in [2.05, 4.69) is 5.32 Å². The molecule has 2 fully saturated rings. The van der Waals surface area contributed by atoms with Crippen molar-refractivity contribution in [1.29, 1.82) is 0 Å². The summed E-state index contributed by atoms with van der Waals surface area (Å²) in [5.74, 6) is 0.581. The number of nitrogens with zero attached hydrogens (tertiary/aromatic N) is 1. The second kappa shape index (κ2) is 9.67. The van der Waals surface area contributed by atoms with Crippen molar-refractivity contribution in [3.63, 3.8) is 0 Å². The van der Waals surface area contributed by atoms with Crippen LogP contribution in [0.5, 0.6) is 0 Å². The van der Waals surface area contributed by atoms with Crippen LogP contribution in [0.15, 0.2) is 30.3 Å². The first-order chi connectivity index (χ1) is 13.9. The molecule has 29 heavy (non-hydrogen) atoms. The molecule has 2 aliphatic heterocycles. The first-order valence-electron chi connectivity index (χ1n) is 9.47. The van der Waals surface area contributed by atoms with Gasteiger partial charge >= 0.3 is 5.97 Å². The van der Waals surface area contributed by atoms with Crippen molar-refractivity contribution in [3.05, 3.63) is 35.9 Å². The van der Waals surface area contributed by atoms with Gasteiger partial charge < -0.3 is 19.7 Å². The zero-order chi connectivity index (χ0) is 20.9. The summed E-state index contributed by atoms with van der Waals surface area (Å²) in [4.78, 5) is 49.9. The lowest BCUT2D eigenvalue weighted by atomic mass is 10.1. The fourth-order valence-electron chi connectivity index (χ4n) is 3.51. The Bertz CT molecular complexity index is 767. The van der Waals surface area contributed by atoms with E-state index in [9.17, 15) is 19.2 Å². The molecule has 1 aromatic rings. The Morgan fingerprint density at radius 2 is 1.97 bits per heavy atom. The molecule has 0 bridgehead atoms. The number of rotatable bonds is 6. The van der Waals surface area contributed by atoms with Crippen LogP contribution in [0, 0.1) is 0 Å². The topological polar surface area (TPSA) is 92.8 Å². The summed E-state index contributed by atoms with van der Waals surface area (Å²) in [6.45, 7) is 1.47. The molecule has 1 spiro atoms. The van der Waals surface area contributed by atoms with Gasteiger partial charge in [-0.1, -0.05) is 30.3 Å². The summed E-state index contributed by atoms with van der Waals surface area (Å²) in [5.41, 5.74) is 0.522. The maximum absolute atomic E-state index is 12.8. The predicted octanol–water partition coefficient (Wildman–Crippen LogP) is 1.77. The number of benzene rings is 1. The molecule has 2 aliphatic rings. The average molecular weight is 437 g/mol. The van der Waals surface area contributed by atoms with Crippen LogP contribution in [-0.2, 0) is 23.9 Å². The largest absolute Gasteiger partial charge is 0.447 e. The van der Waals surface area contributed by atoms with Crippen LogP contribution >= 0.6 is 23.5 Å². The minimum atomic E-state index is -1.13. The maximum Gasteiger partial charge on any atom is 0.303 e. The normalized spacial score (nSPS) is 21.4. The van der Waals surface area contributed by atoms with Gasteiger partial charge in [-0.05, 0) is 17.9 Å². The fraction of sp³-hybridized carbons (Fsp3) is 0.500. The lowest BCUT2D eigenvalue weighted by Gasteiger charge is -2.31. The SMILES string of the molecule is CC(=O)O[C@H](C(=O)NCC(=O)N1CC2(C[C@H]1C=O)SCCCS2)c1ccccc1. The third-order valence-electron chi connectivity index (χ3n) is 4.87. The van der Waals surface area contributed by atoms with Gasteiger partial charge in [0.15, 0.2) is 0 Å². The van der Waals surface area contributed by atoms with E-state index < -0.39 is 24.0 Å². The summed E-state index contributed by atoms with van der Waals surface area (Å²) >= 11 is 3.62. The average Bonchev–Trinajstić information content (AvgIpc) is 3.09. The van der Waals surface area contributed by atoms with Crippen molar-refractivity contribution in [2.45, 2.75) is 36.0 Å². The minimum Gasteiger partial charge on any atom is -0.447 e. The molecule has 0 aromatic heterocycles. The fourth-order valence-corrected chi connectivity index (χ4v) is 6.89. The van der Waals surface area contributed by atoms with Gasteiger partial charge in [0.2, 0.25) is 12.0 Å². The molecule has 2 heterocycles. The van der Waals surface area contributed by atoms with Gasteiger partial charge in [0, 0.05) is 25.5 Å². The van der Waals surface area contributed by atoms with Crippen molar-refractivity contribution >= 4 is 47.6 Å². The van der Waals surface area contributed by atoms with Gasteiger partial charge in [0.25, 0.3) is 5.91 Å². The van der Waals surface area contributed by atoms with E-state index in [1.54, 1.807) is 35.2 Å². The minimum absolute atomic E-state index is 0.131. The van der Waals surface area contributed by atoms with E-state index >= 15 is 0 Å². The monoisotopic (exact) mass is 436 g/mol. The zero-order valence-corrected chi connectivity index (χ0v) is 17.8. The predicted molar refractivity (Wildman–Crippen MR) is 112 cm³/mol. The van der Waals surface area contributed by atoms with Gasteiger partial charge in [0.1, 0.15) is 6.29 Å². The highest BCUT2D eigenvalue weighted by Gasteiger charge is 2.47. The number of carbonyl (C=O) groups excluding carboxylic acids is 4. The molecular formula is C20H24N2O5S2. The molecule has 0 radical (unpaired) electrons. The number of likely N-dealkylation sites (tertiary alicyclic amines) is 1. The smallest absolute Gasteiger partial charge is 0.303 e. The number of thioether (sulfide) groups is 2. The molecule has 2 saturated heterocycles. The first-order valence-corrected chi connectivity index (χ1v) is 11.4. The number of esters is 1. The number of amides is 2. The Balaban J connectivity index is 1.63. The molecule has 156 valence electrons. The Hall–Kier alpha value is -2.00. The highest BCUT2D eigenvalue weighted by Crippen LogP contribution is 2.49. The summed E-state index contributed by atoms with van der Waals surface area (Å²) in [6, 6.07) is 8.15. The Labute approximate surface area is 178 Å². The zero-order valence-electron chi connectivity index (χ0n) is 16.2. The van der Waals surface area contributed by atoms with Gasteiger partial charge in [0.05, 0.1) is 16.7 Å². The van der Waals surface area contributed by atoms with E-state index in [-0.39, 0.29) is 16.5 Å². The van der Waals surface area contributed by atoms with Crippen LogP contribution in [0.25, 0.3) is 0 Å². The van der Waals surface area contributed by atoms with E-state index in [0.29, 0.717) is 18.5 Å². The number of aldehydes is 1. The second-order valence-electron chi connectivity index (χ2n) is 7.01. The van der Waals surface area contributed by atoms with Crippen molar-refractivity contribution in [2.24, 2.45) is 0 Å². The van der Waals surface area contributed by atoms with Gasteiger partial charge in [-0.2, -0.15) is 0 Å². The van der Waals surface area contributed by atoms with E-state index in [1.807, 2.05) is 23.5 Å². The first kappa shape index (κ1) is 21.7. The molecule has 3 rings (SSSR count). The Morgan fingerprint density at radius 3 is 2.59 bits per heavy atom. The Kier molecular flexibility index (Phi) is 7.23. The number of nitrogens with one attached hydrogen (secondary N) is 1. The van der Waals surface area contributed by atoms with Crippen molar-refractivity contribution < 1.29 is 23.9 Å². The molecule has 2 amide bonds. The van der Waals surface area contributed by atoms with Gasteiger partial charge in [-0.15, -0.1) is 23.5 Å². The quantitative estimate of drug-likeness (QED) is 0.537. The van der Waals surface area contributed by atoms with E-state index in [0.717, 1.165) is 24.2 Å². The molecule has 0 aliphatic carbocycles. The lowest BCUT2D eigenvalue weighted by Crippen LogP contribution is -2.45. The molecule has 9 heteroatoms. The standard InChI is InChI=1S/C20H24N2O5S2/c1-14(24)27-18(15-6-3-2-4-7-15)19(26)21-11-17(25)22-13-20(10-16(22)12-23)28-8-5-9-29-20/h2-4,6-7,12,16,18H,5,8-11,13H2,1H3,(H,21,26)/t16-,18-/m0/s1. The van der Waals surface area contributed by atoms with Crippen molar-refractivity contribution in [1.82, 2.24) is 10.2 Å². The molecule has 0 unspecified atom stereocenters.